The normalized spacial score (nSPS) is 15.4. The fourth-order valence-electron chi connectivity index (χ4n) is 3.44. The van der Waals surface area contributed by atoms with E-state index in [0.29, 0.717) is 6.61 Å². The molecular formula is C22H24N2OS2. The van der Waals surface area contributed by atoms with Crippen molar-refractivity contribution in [1.29, 1.82) is 0 Å². The first-order chi connectivity index (χ1) is 12.9. The molecule has 2 aromatic carbocycles. The zero-order valence-corrected chi connectivity index (χ0v) is 18.0. The summed E-state index contributed by atoms with van der Waals surface area (Å²) in [6.07, 6.45) is 0. The fourth-order valence-corrected chi connectivity index (χ4v) is 6.44. The van der Waals surface area contributed by atoms with Gasteiger partial charge in [-0.3, -0.25) is 0 Å². The summed E-state index contributed by atoms with van der Waals surface area (Å²) in [6.45, 7) is 9.35. The molecule has 0 bridgehead atoms. The van der Waals surface area contributed by atoms with E-state index >= 15 is 0 Å². The van der Waals surface area contributed by atoms with Gasteiger partial charge in [0.15, 0.2) is 0 Å². The lowest BCUT2D eigenvalue weighted by atomic mass is 9.88. The van der Waals surface area contributed by atoms with E-state index in [1.54, 1.807) is 10.3 Å². The molecule has 0 spiro atoms. The van der Waals surface area contributed by atoms with Crippen molar-refractivity contribution in [2.75, 3.05) is 18.6 Å². The van der Waals surface area contributed by atoms with E-state index in [2.05, 4.69) is 75.2 Å². The minimum atomic E-state index is -0.0717. The Morgan fingerprint density at radius 1 is 1.07 bits per heavy atom. The molecule has 0 atom stereocenters. The molecule has 3 nitrogen and oxygen atoms in total. The van der Waals surface area contributed by atoms with Crippen molar-refractivity contribution >= 4 is 32.1 Å². The predicted octanol–water partition coefficient (Wildman–Crippen LogP) is 6.10. The van der Waals surface area contributed by atoms with Crippen LogP contribution in [0.5, 0.6) is 5.75 Å². The average Bonchev–Trinajstić information content (AvgIpc) is 3.07. The Morgan fingerprint density at radius 2 is 1.81 bits per heavy atom. The van der Waals surface area contributed by atoms with Gasteiger partial charge in [-0.1, -0.05) is 38.4 Å². The molecule has 1 aliphatic rings. The Labute approximate surface area is 168 Å². The van der Waals surface area contributed by atoms with Gasteiger partial charge in [0.25, 0.3) is 0 Å². The summed E-state index contributed by atoms with van der Waals surface area (Å²) < 4.78 is 6.86. The Morgan fingerprint density at radius 3 is 2.52 bits per heavy atom. The summed E-state index contributed by atoms with van der Waals surface area (Å²) in [7, 11) is 5.76. The van der Waals surface area contributed by atoms with Crippen molar-refractivity contribution in [3.63, 3.8) is 0 Å². The van der Waals surface area contributed by atoms with E-state index in [1.165, 1.54) is 27.3 Å². The SMILES string of the molecule is CCOc1ccc2c(c1)-c1c(ssc1=Nc1ccc(C)cc1)C(C)(C)N2C. The molecule has 0 amide bonds. The Bertz CT molecular complexity index is 1040. The first-order valence-electron chi connectivity index (χ1n) is 9.18. The highest BCUT2D eigenvalue weighted by atomic mass is 32.9. The molecule has 0 saturated carbocycles. The number of nitrogens with zero attached hydrogens (tertiary/aromatic N) is 2. The van der Waals surface area contributed by atoms with Crippen molar-refractivity contribution in [3.8, 4) is 16.9 Å². The maximum atomic E-state index is 5.78. The molecule has 4 rings (SSSR count). The molecular weight excluding hydrogens is 372 g/mol. The number of hydrogen-bond donors (Lipinski definition) is 0. The molecule has 0 saturated heterocycles. The second-order valence-electron chi connectivity index (χ2n) is 7.35. The predicted molar refractivity (Wildman–Crippen MR) is 117 cm³/mol. The third-order valence-electron chi connectivity index (χ3n) is 5.21. The maximum Gasteiger partial charge on any atom is 0.135 e. The van der Waals surface area contributed by atoms with E-state index in [1.807, 2.05) is 17.3 Å². The van der Waals surface area contributed by atoms with Crippen LogP contribution in [0.3, 0.4) is 0 Å². The van der Waals surface area contributed by atoms with Crippen LogP contribution in [0.4, 0.5) is 11.4 Å². The number of ether oxygens (including phenoxy) is 1. The van der Waals surface area contributed by atoms with Crippen molar-refractivity contribution in [3.05, 3.63) is 57.6 Å². The maximum absolute atomic E-state index is 5.78. The van der Waals surface area contributed by atoms with Crippen molar-refractivity contribution in [2.24, 2.45) is 4.99 Å². The first-order valence-corrected chi connectivity index (χ1v) is 11.3. The van der Waals surface area contributed by atoms with E-state index < -0.39 is 0 Å². The van der Waals surface area contributed by atoms with Gasteiger partial charge in [-0.2, -0.15) is 0 Å². The summed E-state index contributed by atoms with van der Waals surface area (Å²) in [6, 6.07) is 14.8. The highest BCUT2D eigenvalue weighted by molar-refractivity contribution is 7.68. The van der Waals surface area contributed by atoms with E-state index in [9.17, 15) is 0 Å². The number of rotatable bonds is 3. The first kappa shape index (κ1) is 18.3. The summed E-state index contributed by atoms with van der Waals surface area (Å²) in [5.74, 6) is 0.910. The zero-order chi connectivity index (χ0) is 19.2. The van der Waals surface area contributed by atoms with Gasteiger partial charge < -0.3 is 9.64 Å². The van der Waals surface area contributed by atoms with Gasteiger partial charge in [-0.05, 0) is 58.0 Å². The highest BCUT2D eigenvalue weighted by Crippen LogP contribution is 2.49. The number of anilines is 1. The van der Waals surface area contributed by atoms with Crippen LogP contribution in [0.1, 0.15) is 31.2 Å². The van der Waals surface area contributed by atoms with Crippen LogP contribution in [0, 0.1) is 6.92 Å². The summed E-state index contributed by atoms with van der Waals surface area (Å²) in [5, 5.41) is 0. The van der Waals surface area contributed by atoms with Gasteiger partial charge in [0.1, 0.15) is 10.4 Å². The minimum absolute atomic E-state index is 0.0717. The van der Waals surface area contributed by atoms with Crippen molar-refractivity contribution in [1.82, 2.24) is 0 Å². The van der Waals surface area contributed by atoms with E-state index in [0.717, 1.165) is 16.1 Å². The summed E-state index contributed by atoms with van der Waals surface area (Å²) >= 11 is 0. The topological polar surface area (TPSA) is 24.8 Å². The molecule has 3 aromatic rings. The van der Waals surface area contributed by atoms with Crippen LogP contribution in [-0.4, -0.2) is 13.7 Å². The van der Waals surface area contributed by atoms with Gasteiger partial charge in [0.05, 0.1) is 22.7 Å². The summed E-state index contributed by atoms with van der Waals surface area (Å²) in [5.41, 5.74) is 5.86. The fraction of sp³-hybridized carbons (Fsp3) is 0.318. The van der Waals surface area contributed by atoms with Crippen LogP contribution in [0.2, 0.25) is 0 Å². The third kappa shape index (κ3) is 3.09. The Hall–Kier alpha value is -2.11. The lowest BCUT2D eigenvalue weighted by Crippen LogP contribution is -2.41. The smallest absolute Gasteiger partial charge is 0.135 e. The zero-order valence-electron chi connectivity index (χ0n) is 16.4. The monoisotopic (exact) mass is 396 g/mol. The van der Waals surface area contributed by atoms with Gasteiger partial charge in [-0.15, -0.1) is 0 Å². The second-order valence-corrected chi connectivity index (χ2v) is 9.48. The number of fused-ring (bicyclic) bond motifs is 3. The van der Waals surface area contributed by atoms with Gasteiger partial charge in [0, 0.05) is 23.9 Å². The molecule has 27 heavy (non-hydrogen) atoms. The standard InChI is InChI=1S/C22H24N2OS2/c1-6-25-16-11-12-18-17(13-16)19-20(22(3,4)24(18)5)26-27-21(19)23-15-9-7-14(2)8-10-15/h7-13H,6H2,1-5H3. The molecule has 1 aromatic heterocycles. The van der Waals surface area contributed by atoms with Crippen molar-refractivity contribution in [2.45, 2.75) is 33.2 Å². The number of benzene rings is 2. The second kappa shape index (κ2) is 6.80. The molecule has 5 heteroatoms. The molecule has 140 valence electrons. The molecule has 0 fully saturated rings. The van der Waals surface area contributed by atoms with E-state index in [4.69, 9.17) is 9.73 Å². The van der Waals surface area contributed by atoms with Crippen molar-refractivity contribution < 1.29 is 4.74 Å². The van der Waals surface area contributed by atoms with Crippen LogP contribution in [-0.2, 0) is 5.54 Å². The molecule has 1 aliphatic heterocycles. The van der Waals surface area contributed by atoms with Crippen LogP contribution in [0.25, 0.3) is 11.1 Å². The molecule has 2 heterocycles. The molecule has 0 radical (unpaired) electrons. The number of aryl methyl sites for hydroxylation is 1. The lowest BCUT2D eigenvalue weighted by Gasteiger charge is -2.42. The third-order valence-corrected chi connectivity index (χ3v) is 7.84. The average molecular weight is 397 g/mol. The van der Waals surface area contributed by atoms with Crippen LogP contribution >= 0.6 is 20.7 Å². The summed E-state index contributed by atoms with van der Waals surface area (Å²) in [4.78, 5) is 8.71. The molecule has 0 aliphatic carbocycles. The number of hydrogen-bond acceptors (Lipinski definition) is 5. The Balaban J connectivity index is 1.96. The molecule has 0 N–H and O–H groups in total. The van der Waals surface area contributed by atoms with Gasteiger partial charge in [-0.25, -0.2) is 4.99 Å². The largest absolute Gasteiger partial charge is 0.494 e. The van der Waals surface area contributed by atoms with Crippen LogP contribution < -0.4 is 14.3 Å². The molecule has 0 unspecified atom stereocenters. The lowest BCUT2D eigenvalue weighted by molar-refractivity contribution is 0.340. The minimum Gasteiger partial charge on any atom is -0.494 e. The van der Waals surface area contributed by atoms with Gasteiger partial charge >= 0.3 is 0 Å². The van der Waals surface area contributed by atoms with Gasteiger partial charge in [0.2, 0.25) is 0 Å². The van der Waals surface area contributed by atoms with Crippen LogP contribution in [0.15, 0.2) is 47.5 Å². The quantitative estimate of drug-likeness (QED) is 0.500. The highest BCUT2D eigenvalue weighted by Gasteiger charge is 2.38. The van der Waals surface area contributed by atoms with E-state index in [-0.39, 0.29) is 5.54 Å². The Kier molecular flexibility index (Phi) is 4.60.